The van der Waals surface area contributed by atoms with Gasteiger partial charge in [-0.15, -0.1) is 5.10 Å². The summed E-state index contributed by atoms with van der Waals surface area (Å²) in [6, 6.07) is 15.6. The molecule has 0 bridgehead atoms. The molecule has 0 aliphatic heterocycles. The van der Waals surface area contributed by atoms with Crippen LogP contribution in [0.1, 0.15) is 22.7 Å². The second-order valence-corrected chi connectivity index (χ2v) is 7.69. The van der Waals surface area contributed by atoms with E-state index in [0.717, 1.165) is 28.3 Å². The van der Waals surface area contributed by atoms with Gasteiger partial charge in [-0.05, 0) is 45.0 Å². The highest BCUT2D eigenvalue weighted by atomic mass is 16.5. The summed E-state index contributed by atoms with van der Waals surface area (Å²) in [5.41, 5.74) is 4.93. The highest BCUT2D eigenvalue weighted by Gasteiger charge is 2.21. The van der Waals surface area contributed by atoms with Gasteiger partial charge in [0.05, 0.1) is 24.9 Å². The van der Waals surface area contributed by atoms with E-state index >= 15 is 0 Å². The summed E-state index contributed by atoms with van der Waals surface area (Å²) < 4.78 is 18.5. The molecular weight excluding hydrogens is 420 g/mol. The Hall–Kier alpha value is -4.27. The number of aryl methyl sites for hydroxylation is 2. The highest BCUT2D eigenvalue weighted by Crippen LogP contribution is 2.30. The van der Waals surface area contributed by atoms with Crippen LogP contribution in [0.15, 0.2) is 57.5 Å². The van der Waals surface area contributed by atoms with Crippen molar-refractivity contribution in [1.29, 1.82) is 0 Å². The van der Waals surface area contributed by atoms with Crippen LogP contribution in [0.25, 0.3) is 34.4 Å². The molecule has 33 heavy (non-hydrogen) atoms. The summed E-state index contributed by atoms with van der Waals surface area (Å²) in [4.78, 5) is 9.17. The number of nitrogens with zero attached hydrogens (tertiary/aromatic N) is 6. The van der Waals surface area contributed by atoms with Crippen LogP contribution in [0.5, 0.6) is 5.75 Å². The Labute approximate surface area is 190 Å². The van der Waals surface area contributed by atoms with Gasteiger partial charge in [0.2, 0.25) is 11.7 Å². The van der Waals surface area contributed by atoms with Crippen LogP contribution < -0.4 is 4.74 Å². The van der Waals surface area contributed by atoms with Gasteiger partial charge in [-0.3, -0.25) is 0 Å². The summed E-state index contributed by atoms with van der Waals surface area (Å²) in [5, 5.41) is 12.6. The predicted molar refractivity (Wildman–Crippen MR) is 121 cm³/mol. The number of hydrogen-bond acceptors (Lipinski definition) is 8. The van der Waals surface area contributed by atoms with E-state index in [-0.39, 0.29) is 5.89 Å². The fraction of sp³-hybridized carbons (Fsp3) is 0.208. The summed E-state index contributed by atoms with van der Waals surface area (Å²) >= 11 is 0. The number of oxazole rings is 1. The molecule has 2 aromatic carbocycles. The molecular formula is C24H22N6O3. The maximum Gasteiger partial charge on any atom is 0.280 e. The molecule has 0 spiro atoms. The van der Waals surface area contributed by atoms with E-state index in [4.69, 9.17) is 13.7 Å². The first-order chi connectivity index (χ1) is 16.0. The van der Waals surface area contributed by atoms with Crippen LogP contribution in [0, 0.1) is 20.8 Å². The Morgan fingerprint density at radius 1 is 0.939 bits per heavy atom. The average molecular weight is 442 g/mol. The molecule has 5 aromatic rings. The predicted octanol–water partition coefficient (Wildman–Crippen LogP) is 4.63. The second-order valence-electron chi connectivity index (χ2n) is 7.69. The summed E-state index contributed by atoms with van der Waals surface area (Å²) in [7, 11) is 1.60. The number of aromatic nitrogens is 6. The third-order valence-electron chi connectivity index (χ3n) is 5.45. The third-order valence-corrected chi connectivity index (χ3v) is 5.45. The zero-order chi connectivity index (χ0) is 22.9. The van der Waals surface area contributed by atoms with Gasteiger partial charge in [0.15, 0.2) is 5.69 Å². The van der Waals surface area contributed by atoms with Crippen molar-refractivity contribution in [3.05, 3.63) is 71.2 Å². The van der Waals surface area contributed by atoms with Gasteiger partial charge in [-0.1, -0.05) is 40.2 Å². The second kappa shape index (κ2) is 8.34. The van der Waals surface area contributed by atoms with Crippen molar-refractivity contribution in [2.75, 3.05) is 7.11 Å². The van der Waals surface area contributed by atoms with Gasteiger partial charge in [0, 0.05) is 5.56 Å². The smallest absolute Gasteiger partial charge is 0.280 e. The minimum Gasteiger partial charge on any atom is -0.496 e. The molecule has 0 N–H and O–H groups in total. The lowest BCUT2D eigenvalue weighted by Crippen LogP contribution is -2.05. The topological polar surface area (TPSA) is 105 Å². The lowest BCUT2D eigenvalue weighted by Gasteiger charge is -2.03. The molecule has 9 heteroatoms. The Bertz CT molecular complexity index is 1410. The largest absolute Gasteiger partial charge is 0.496 e. The third kappa shape index (κ3) is 3.89. The van der Waals surface area contributed by atoms with Gasteiger partial charge in [0.1, 0.15) is 17.2 Å². The minimum absolute atomic E-state index is 0.289. The summed E-state index contributed by atoms with van der Waals surface area (Å²) in [5.74, 6) is 2.69. The number of rotatable bonds is 6. The quantitative estimate of drug-likeness (QED) is 0.375. The molecule has 0 fully saturated rings. The zero-order valence-electron chi connectivity index (χ0n) is 18.7. The normalized spacial score (nSPS) is 11.2. The van der Waals surface area contributed by atoms with Gasteiger partial charge in [-0.25, -0.2) is 9.67 Å². The number of hydrogen-bond donors (Lipinski definition) is 0. The molecule has 0 amide bonds. The van der Waals surface area contributed by atoms with E-state index in [1.807, 2.05) is 69.3 Å². The van der Waals surface area contributed by atoms with Crippen LogP contribution >= 0.6 is 0 Å². The molecule has 166 valence electrons. The van der Waals surface area contributed by atoms with E-state index < -0.39 is 0 Å². The first kappa shape index (κ1) is 20.6. The minimum atomic E-state index is 0.289. The molecule has 5 rings (SSSR count). The SMILES string of the molecule is COc1ccccc1-c1noc(-c2nnn(Cc3nc(-c4ccc(C)cc4)oc3C)c2C)n1. The molecule has 0 aliphatic carbocycles. The van der Waals surface area contributed by atoms with E-state index in [1.54, 1.807) is 11.8 Å². The molecule has 9 nitrogen and oxygen atoms in total. The Balaban J connectivity index is 1.41. The highest BCUT2D eigenvalue weighted by molar-refractivity contribution is 5.65. The summed E-state index contributed by atoms with van der Waals surface area (Å²) in [6.45, 7) is 6.25. The molecule has 3 heterocycles. The molecule has 0 unspecified atom stereocenters. The Morgan fingerprint density at radius 3 is 2.52 bits per heavy atom. The number of para-hydroxylation sites is 1. The standard InChI is InChI=1S/C24H22N6O3/c1-14-9-11-17(12-10-14)23-25-19(16(3)32-23)13-30-15(2)21(27-29-30)24-26-22(28-33-24)18-7-5-6-8-20(18)31-4/h5-12H,13H2,1-4H3. The summed E-state index contributed by atoms with van der Waals surface area (Å²) in [6.07, 6.45) is 0. The van der Waals surface area contributed by atoms with E-state index in [9.17, 15) is 0 Å². The molecule has 0 saturated heterocycles. The fourth-order valence-corrected chi connectivity index (χ4v) is 3.50. The van der Waals surface area contributed by atoms with Gasteiger partial charge >= 0.3 is 0 Å². The molecule has 0 saturated carbocycles. The molecule has 0 aliphatic rings. The average Bonchev–Trinajstić information content (AvgIpc) is 3.54. The number of methoxy groups -OCH3 is 1. The molecule has 3 aromatic heterocycles. The van der Waals surface area contributed by atoms with E-state index in [0.29, 0.717) is 29.7 Å². The van der Waals surface area contributed by atoms with Crippen LogP contribution in [0.3, 0.4) is 0 Å². The molecule has 0 atom stereocenters. The number of benzene rings is 2. The van der Waals surface area contributed by atoms with Gasteiger partial charge in [-0.2, -0.15) is 4.98 Å². The van der Waals surface area contributed by atoms with Crippen LogP contribution in [0.2, 0.25) is 0 Å². The lowest BCUT2D eigenvalue weighted by molar-refractivity contribution is 0.413. The van der Waals surface area contributed by atoms with Crippen molar-refractivity contribution < 1.29 is 13.7 Å². The van der Waals surface area contributed by atoms with Crippen molar-refractivity contribution in [2.24, 2.45) is 0 Å². The van der Waals surface area contributed by atoms with Crippen LogP contribution in [-0.4, -0.2) is 37.2 Å². The van der Waals surface area contributed by atoms with Crippen molar-refractivity contribution in [3.63, 3.8) is 0 Å². The van der Waals surface area contributed by atoms with E-state index in [1.165, 1.54) is 5.56 Å². The van der Waals surface area contributed by atoms with Crippen molar-refractivity contribution in [3.8, 4) is 40.2 Å². The zero-order valence-corrected chi connectivity index (χ0v) is 18.7. The Morgan fingerprint density at radius 2 is 1.73 bits per heavy atom. The number of ether oxygens (including phenoxy) is 1. The Kier molecular flexibility index (Phi) is 5.21. The van der Waals surface area contributed by atoms with E-state index in [2.05, 4.69) is 25.4 Å². The van der Waals surface area contributed by atoms with Crippen molar-refractivity contribution in [2.45, 2.75) is 27.3 Å². The van der Waals surface area contributed by atoms with Crippen LogP contribution in [0.4, 0.5) is 0 Å². The molecule has 0 radical (unpaired) electrons. The maximum atomic E-state index is 5.89. The van der Waals surface area contributed by atoms with Crippen molar-refractivity contribution >= 4 is 0 Å². The lowest BCUT2D eigenvalue weighted by atomic mass is 10.1. The van der Waals surface area contributed by atoms with Crippen LogP contribution in [-0.2, 0) is 6.54 Å². The van der Waals surface area contributed by atoms with Crippen molar-refractivity contribution in [1.82, 2.24) is 30.1 Å². The maximum absolute atomic E-state index is 5.89. The first-order valence-electron chi connectivity index (χ1n) is 10.4. The monoisotopic (exact) mass is 442 g/mol. The fourth-order valence-electron chi connectivity index (χ4n) is 3.50. The van der Waals surface area contributed by atoms with Gasteiger partial charge < -0.3 is 13.7 Å². The van der Waals surface area contributed by atoms with Gasteiger partial charge in [0.25, 0.3) is 5.89 Å². The first-order valence-corrected chi connectivity index (χ1v) is 10.4.